The highest BCUT2D eigenvalue weighted by Gasteiger charge is 2.02. The Bertz CT molecular complexity index is 104. The van der Waals surface area contributed by atoms with Crippen LogP contribution in [0.1, 0.15) is 13.3 Å². The summed E-state index contributed by atoms with van der Waals surface area (Å²) in [5.74, 6) is -0.435. The average molecular weight is 149 g/mol. The molecule has 60 valence electrons. The lowest BCUT2D eigenvalue weighted by atomic mass is 10.4. The highest BCUT2D eigenvalue weighted by Crippen LogP contribution is 1.86. The van der Waals surface area contributed by atoms with Gasteiger partial charge in [-0.25, -0.2) is 0 Å². The Balaban J connectivity index is 3.22. The molecule has 10 heavy (non-hydrogen) atoms. The number of esters is 1. The van der Waals surface area contributed by atoms with E-state index in [1.165, 1.54) is 0 Å². The summed E-state index contributed by atoms with van der Waals surface area (Å²) in [6, 6.07) is 0. The molecule has 5 heteroatoms. The van der Waals surface area contributed by atoms with Gasteiger partial charge in [0.05, 0.1) is 19.6 Å². The van der Waals surface area contributed by atoms with E-state index in [4.69, 9.17) is 10.4 Å². The van der Waals surface area contributed by atoms with Crippen molar-refractivity contribution in [1.82, 2.24) is 5.23 Å². The molecule has 2 N–H and O–H groups in total. The third-order valence-corrected chi connectivity index (χ3v) is 0.821. The normalized spacial score (nSPS) is 10.0. The minimum Gasteiger partial charge on any atom is -0.466 e. The Kier molecular flexibility index (Phi) is 4.82. The number of ether oxygens (including phenoxy) is 1. The van der Waals surface area contributed by atoms with Crippen molar-refractivity contribution in [3.63, 3.8) is 0 Å². The van der Waals surface area contributed by atoms with E-state index >= 15 is 0 Å². The van der Waals surface area contributed by atoms with E-state index in [0.29, 0.717) is 6.61 Å². The highest BCUT2D eigenvalue weighted by atomic mass is 16.8. The molecule has 0 heterocycles. The third-order valence-electron chi connectivity index (χ3n) is 0.821. The lowest BCUT2D eigenvalue weighted by molar-refractivity contribution is -0.306. The second-order valence-corrected chi connectivity index (χ2v) is 1.65. The van der Waals surface area contributed by atoms with Crippen LogP contribution >= 0.6 is 0 Å². The maximum absolute atomic E-state index is 10.5. The summed E-state index contributed by atoms with van der Waals surface area (Å²) in [7, 11) is 0. The molecule has 0 bridgehead atoms. The van der Waals surface area contributed by atoms with Gasteiger partial charge in [-0.2, -0.15) is 0 Å². The molecule has 5 nitrogen and oxygen atoms in total. The minimum absolute atomic E-state index is 0.0131. The van der Waals surface area contributed by atoms with Crippen LogP contribution in [0.25, 0.3) is 0 Å². The molecular formula is C5H11NO4. The second-order valence-electron chi connectivity index (χ2n) is 1.65. The van der Waals surface area contributed by atoms with Crippen molar-refractivity contribution in [3.05, 3.63) is 0 Å². The Morgan fingerprint density at radius 1 is 1.60 bits per heavy atom. The molecule has 0 aliphatic carbocycles. The summed E-state index contributed by atoms with van der Waals surface area (Å²) < 4.78 is 4.50. The zero-order chi connectivity index (χ0) is 7.98. The summed E-state index contributed by atoms with van der Waals surface area (Å²) in [6.07, 6.45) is -0.0131. The first-order valence-electron chi connectivity index (χ1n) is 2.97. The molecule has 0 aromatic rings. The van der Waals surface area contributed by atoms with E-state index in [-0.39, 0.29) is 18.2 Å². The number of nitrogens with zero attached hydrogens (tertiary/aromatic N) is 1. The molecule has 0 atom stereocenters. The standard InChI is InChI=1S/C5H11NO4/c1-2-10-5(7)3-4-6(8)9/h8-9H,2-4H2,1H3. The lowest BCUT2D eigenvalue weighted by Crippen LogP contribution is -2.19. The molecule has 0 fully saturated rings. The van der Waals surface area contributed by atoms with Gasteiger partial charge < -0.3 is 4.74 Å². The van der Waals surface area contributed by atoms with E-state index < -0.39 is 5.97 Å². The van der Waals surface area contributed by atoms with Crippen LogP contribution in [0.2, 0.25) is 0 Å². The van der Waals surface area contributed by atoms with E-state index in [2.05, 4.69) is 4.74 Å². The van der Waals surface area contributed by atoms with Gasteiger partial charge in [-0.15, -0.1) is 0 Å². The number of hydroxylamine groups is 2. The van der Waals surface area contributed by atoms with E-state index in [0.717, 1.165) is 0 Å². The van der Waals surface area contributed by atoms with Crippen molar-refractivity contribution < 1.29 is 19.9 Å². The summed E-state index contributed by atoms with van der Waals surface area (Å²) >= 11 is 0. The molecule has 0 aromatic carbocycles. The zero-order valence-corrected chi connectivity index (χ0v) is 5.78. The zero-order valence-electron chi connectivity index (χ0n) is 5.78. The van der Waals surface area contributed by atoms with Gasteiger partial charge in [0.25, 0.3) is 0 Å². The maximum atomic E-state index is 10.5. The van der Waals surface area contributed by atoms with Crippen LogP contribution in [0.15, 0.2) is 0 Å². The maximum Gasteiger partial charge on any atom is 0.307 e. The van der Waals surface area contributed by atoms with Gasteiger partial charge in [-0.1, -0.05) is 5.23 Å². The predicted octanol–water partition coefficient (Wildman–Crippen LogP) is 0.0200. The fourth-order valence-corrected chi connectivity index (χ4v) is 0.424. The molecule has 0 aliphatic heterocycles. The van der Waals surface area contributed by atoms with Gasteiger partial charge in [0, 0.05) is 0 Å². The quantitative estimate of drug-likeness (QED) is 0.435. The highest BCUT2D eigenvalue weighted by molar-refractivity contribution is 5.69. The second kappa shape index (κ2) is 5.16. The van der Waals surface area contributed by atoms with Gasteiger partial charge in [-0.3, -0.25) is 15.2 Å². The van der Waals surface area contributed by atoms with Gasteiger partial charge in [0.1, 0.15) is 0 Å². The number of carbonyl (C=O) groups excluding carboxylic acids is 1. The van der Waals surface area contributed by atoms with E-state index in [1.54, 1.807) is 6.92 Å². The van der Waals surface area contributed by atoms with Crippen LogP contribution in [-0.2, 0) is 9.53 Å². The number of hydrogen-bond acceptors (Lipinski definition) is 5. The van der Waals surface area contributed by atoms with Crippen LogP contribution in [-0.4, -0.2) is 34.8 Å². The Morgan fingerprint density at radius 2 is 2.20 bits per heavy atom. The first-order valence-corrected chi connectivity index (χ1v) is 2.97. The van der Waals surface area contributed by atoms with Crippen molar-refractivity contribution in [2.24, 2.45) is 0 Å². The summed E-state index contributed by atoms with van der Waals surface area (Å²) in [6.45, 7) is 1.88. The van der Waals surface area contributed by atoms with Crippen molar-refractivity contribution in [1.29, 1.82) is 0 Å². The molecule has 0 unspecified atom stereocenters. The molecule has 0 saturated carbocycles. The molecule has 0 spiro atoms. The average Bonchev–Trinajstić information content (AvgIpc) is 1.85. The number of rotatable bonds is 4. The van der Waals surface area contributed by atoms with Crippen LogP contribution < -0.4 is 0 Å². The van der Waals surface area contributed by atoms with Crippen molar-refractivity contribution in [2.45, 2.75) is 13.3 Å². The monoisotopic (exact) mass is 149 g/mol. The minimum atomic E-state index is -0.435. The Labute approximate surface area is 58.7 Å². The summed E-state index contributed by atoms with van der Waals surface area (Å²) in [5.41, 5.74) is 0. The van der Waals surface area contributed by atoms with Gasteiger partial charge in [0.2, 0.25) is 0 Å². The fraction of sp³-hybridized carbons (Fsp3) is 0.800. The molecule has 0 aliphatic rings. The molecule has 0 rings (SSSR count). The Morgan fingerprint density at radius 3 is 2.60 bits per heavy atom. The van der Waals surface area contributed by atoms with Crippen LogP contribution in [0.3, 0.4) is 0 Å². The fourth-order valence-electron chi connectivity index (χ4n) is 0.424. The van der Waals surface area contributed by atoms with Crippen molar-refractivity contribution >= 4 is 5.97 Å². The molecule has 0 amide bonds. The Hall–Kier alpha value is -0.650. The largest absolute Gasteiger partial charge is 0.466 e. The molecule has 0 aromatic heterocycles. The predicted molar refractivity (Wildman–Crippen MR) is 31.5 cm³/mol. The first-order chi connectivity index (χ1) is 4.66. The van der Waals surface area contributed by atoms with Crippen molar-refractivity contribution in [3.8, 4) is 0 Å². The molecular weight excluding hydrogens is 138 g/mol. The molecule has 0 saturated heterocycles. The third kappa shape index (κ3) is 5.49. The van der Waals surface area contributed by atoms with Crippen molar-refractivity contribution in [2.75, 3.05) is 13.2 Å². The SMILES string of the molecule is CCOC(=O)CCN(O)O. The summed E-state index contributed by atoms with van der Waals surface area (Å²) in [4.78, 5) is 10.5. The number of hydrogen-bond donors (Lipinski definition) is 2. The van der Waals surface area contributed by atoms with Gasteiger partial charge in [0.15, 0.2) is 0 Å². The van der Waals surface area contributed by atoms with Crippen LogP contribution in [0.5, 0.6) is 0 Å². The smallest absolute Gasteiger partial charge is 0.307 e. The van der Waals surface area contributed by atoms with E-state index in [9.17, 15) is 4.79 Å². The number of carbonyl (C=O) groups is 1. The topological polar surface area (TPSA) is 70.0 Å². The van der Waals surface area contributed by atoms with Crippen LogP contribution in [0.4, 0.5) is 0 Å². The van der Waals surface area contributed by atoms with Gasteiger partial charge >= 0.3 is 5.97 Å². The first kappa shape index (κ1) is 9.35. The van der Waals surface area contributed by atoms with Crippen LogP contribution in [0, 0.1) is 0 Å². The van der Waals surface area contributed by atoms with E-state index in [1.807, 2.05) is 0 Å². The van der Waals surface area contributed by atoms with Gasteiger partial charge in [-0.05, 0) is 6.92 Å². The summed E-state index contributed by atoms with van der Waals surface area (Å²) in [5, 5.41) is 16.3. The molecule has 0 radical (unpaired) electrons. The lowest BCUT2D eigenvalue weighted by Gasteiger charge is -2.04.